The molecular formula is C16H24N2O3. The maximum Gasteiger partial charge on any atom is 0.239 e. The smallest absolute Gasteiger partial charge is 0.239 e. The molecule has 0 bridgehead atoms. The van der Waals surface area contributed by atoms with E-state index >= 15 is 0 Å². The maximum atomic E-state index is 12.3. The lowest BCUT2D eigenvalue weighted by molar-refractivity contribution is -0.134. The van der Waals surface area contributed by atoms with E-state index in [0.29, 0.717) is 13.1 Å². The Hall–Kier alpha value is -1.59. The number of carbonyl (C=O) groups excluding carboxylic acids is 1. The topological polar surface area (TPSA) is 64.8 Å². The number of nitrogens with zero attached hydrogens (tertiary/aromatic N) is 1. The van der Waals surface area contributed by atoms with Gasteiger partial charge in [0.05, 0.1) is 19.3 Å². The quantitative estimate of drug-likeness (QED) is 0.864. The van der Waals surface area contributed by atoms with Gasteiger partial charge in [-0.3, -0.25) is 4.79 Å². The minimum Gasteiger partial charge on any atom is -0.497 e. The SMILES string of the molecule is COc1cccc(CN(C[C@H]2CCCO2)C(=O)[C@@H](C)N)c1. The molecule has 2 N–H and O–H groups in total. The molecule has 0 aliphatic carbocycles. The molecule has 1 saturated heterocycles. The average molecular weight is 292 g/mol. The first kappa shape index (κ1) is 15.8. The zero-order chi connectivity index (χ0) is 15.2. The predicted molar refractivity (Wildman–Crippen MR) is 81.0 cm³/mol. The first-order valence-corrected chi connectivity index (χ1v) is 7.39. The Morgan fingerprint density at radius 3 is 3.00 bits per heavy atom. The zero-order valence-corrected chi connectivity index (χ0v) is 12.7. The lowest BCUT2D eigenvalue weighted by atomic mass is 10.1. The van der Waals surface area contributed by atoms with Crippen molar-refractivity contribution in [3.63, 3.8) is 0 Å². The Balaban J connectivity index is 2.08. The van der Waals surface area contributed by atoms with Crippen molar-refractivity contribution in [3.05, 3.63) is 29.8 Å². The van der Waals surface area contributed by atoms with Gasteiger partial charge in [-0.25, -0.2) is 0 Å². The van der Waals surface area contributed by atoms with Crippen molar-refractivity contribution in [1.29, 1.82) is 0 Å². The van der Waals surface area contributed by atoms with E-state index in [1.54, 1.807) is 18.9 Å². The van der Waals surface area contributed by atoms with Crippen LogP contribution in [0, 0.1) is 0 Å². The van der Waals surface area contributed by atoms with Crippen molar-refractivity contribution in [1.82, 2.24) is 4.90 Å². The number of nitrogens with two attached hydrogens (primary N) is 1. The van der Waals surface area contributed by atoms with Crippen LogP contribution in [0.25, 0.3) is 0 Å². The number of benzene rings is 1. The van der Waals surface area contributed by atoms with Crippen molar-refractivity contribution in [2.45, 2.75) is 38.5 Å². The minimum absolute atomic E-state index is 0.0479. The molecule has 1 aromatic carbocycles. The van der Waals surface area contributed by atoms with Crippen LogP contribution in [0.5, 0.6) is 5.75 Å². The van der Waals surface area contributed by atoms with E-state index in [4.69, 9.17) is 15.2 Å². The van der Waals surface area contributed by atoms with Crippen molar-refractivity contribution in [2.75, 3.05) is 20.3 Å². The molecule has 21 heavy (non-hydrogen) atoms. The number of hydrogen-bond acceptors (Lipinski definition) is 4. The lowest BCUT2D eigenvalue weighted by Gasteiger charge is -2.27. The third-order valence-electron chi connectivity index (χ3n) is 3.66. The fraction of sp³-hybridized carbons (Fsp3) is 0.562. The van der Waals surface area contributed by atoms with Crippen LogP contribution in [0.3, 0.4) is 0 Å². The fourth-order valence-corrected chi connectivity index (χ4v) is 2.55. The number of carbonyl (C=O) groups is 1. The number of hydrogen-bond donors (Lipinski definition) is 1. The summed E-state index contributed by atoms with van der Waals surface area (Å²) in [5.74, 6) is 0.742. The van der Waals surface area contributed by atoms with Gasteiger partial charge in [-0.15, -0.1) is 0 Å². The van der Waals surface area contributed by atoms with Gasteiger partial charge in [0, 0.05) is 19.7 Å². The van der Waals surface area contributed by atoms with E-state index in [2.05, 4.69) is 0 Å². The second kappa shape index (κ2) is 7.43. The highest BCUT2D eigenvalue weighted by Crippen LogP contribution is 2.18. The summed E-state index contributed by atoms with van der Waals surface area (Å²) in [5.41, 5.74) is 6.79. The van der Waals surface area contributed by atoms with Crippen molar-refractivity contribution in [2.24, 2.45) is 5.73 Å². The molecule has 1 amide bonds. The van der Waals surface area contributed by atoms with E-state index in [1.165, 1.54) is 0 Å². The second-order valence-electron chi connectivity index (χ2n) is 5.49. The first-order valence-electron chi connectivity index (χ1n) is 7.39. The van der Waals surface area contributed by atoms with Gasteiger partial charge in [0.25, 0.3) is 0 Å². The summed E-state index contributed by atoms with van der Waals surface area (Å²) in [5, 5.41) is 0. The van der Waals surface area contributed by atoms with Crippen LogP contribution in [-0.4, -0.2) is 43.2 Å². The third-order valence-corrected chi connectivity index (χ3v) is 3.66. The van der Waals surface area contributed by atoms with Crippen LogP contribution >= 0.6 is 0 Å². The van der Waals surface area contributed by atoms with E-state index in [9.17, 15) is 4.79 Å². The maximum absolute atomic E-state index is 12.3. The number of methoxy groups -OCH3 is 1. The number of ether oxygens (including phenoxy) is 2. The molecule has 2 rings (SSSR count). The summed E-state index contributed by atoms with van der Waals surface area (Å²) in [4.78, 5) is 14.1. The Kier molecular flexibility index (Phi) is 5.59. The van der Waals surface area contributed by atoms with Crippen LogP contribution < -0.4 is 10.5 Å². The van der Waals surface area contributed by atoms with Crippen LogP contribution in [0.15, 0.2) is 24.3 Å². The molecule has 5 nitrogen and oxygen atoms in total. The Morgan fingerprint density at radius 2 is 2.38 bits per heavy atom. The van der Waals surface area contributed by atoms with E-state index < -0.39 is 6.04 Å². The van der Waals surface area contributed by atoms with Gasteiger partial charge in [-0.05, 0) is 37.5 Å². The van der Waals surface area contributed by atoms with Gasteiger partial charge >= 0.3 is 0 Å². The van der Waals surface area contributed by atoms with Gasteiger partial charge in [0.1, 0.15) is 5.75 Å². The van der Waals surface area contributed by atoms with E-state index in [-0.39, 0.29) is 12.0 Å². The Bertz CT molecular complexity index is 470. The molecule has 0 unspecified atom stereocenters. The standard InChI is InChI=1S/C16H24N2O3/c1-12(17)16(19)18(11-15-7-4-8-21-15)10-13-5-3-6-14(9-13)20-2/h3,5-6,9,12,15H,4,7-8,10-11,17H2,1-2H3/t12-,15-/m1/s1. The molecule has 0 aromatic heterocycles. The molecule has 5 heteroatoms. The van der Waals surface area contributed by atoms with E-state index in [1.807, 2.05) is 24.3 Å². The molecular weight excluding hydrogens is 268 g/mol. The van der Waals surface area contributed by atoms with Crippen molar-refractivity contribution < 1.29 is 14.3 Å². The second-order valence-corrected chi connectivity index (χ2v) is 5.49. The Labute approximate surface area is 126 Å². The number of amides is 1. The molecule has 1 heterocycles. The summed E-state index contributed by atoms with van der Waals surface area (Å²) < 4.78 is 10.9. The molecule has 2 atom stereocenters. The lowest BCUT2D eigenvalue weighted by Crippen LogP contribution is -2.44. The van der Waals surface area contributed by atoms with Gasteiger partial charge < -0.3 is 20.1 Å². The minimum atomic E-state index is -0.503. The number of rotatable bonds is 6. The molecule has 116 valence electrons. The summed E-state index contributed by atoms with van der Waals surface area (Å²) >= 11 is 0. The predicted octanol–water partition coefficient (Wildman–Crippen LogP) is 1.55. The highest BCUT2D eigenvalue weighted by molar-refractivity contribution is 5.81. The van der Waals surface area contributed by atoms with Crippen molar-refractivity contribution >= 4 is 5.91 Å². The first-order chi connectivity index (χ1) is 10.1. The average Bonchev–Trinajstić information content (AvgIpc) is 2.99. The molecule has 0 saturated carbocycles. The van der Waals surface area contributed by atoms with Crippen LogP contribution in [0.2, 0.25) is 0 Å². The van der Waals surface area contributed by atoms with Gasteiger partial charge in [0.2, 0.25) is 5.91 Å². The highest BCUT2D eigenvalue weighted by Gasteiger charge is 2.24. The highest BCUT2D eigenvalue weighted by atomic mass is 16.5. The van der Waals surface area contributed by atoms with Crippen LogP contribution in [0.1, 0.15) is 25.3 Å². The zero-order valence-electron chi connectivity index (χ0n) is 12.7. The van der Waals surface area contributed by atoms with Gasteiger partial charge in [-0.1, -0.05) is 12.1 Å². The van der Waals surface area contributed by atoms with E-state index in [0.717, 1.165) is 30.8 Å². The molecule has 0 spiro atoms. The Morgan fingerprint density at radius 1 is 1.57 bits per heavy atom. The molecule has 0 radical (unpaired) electrons. The van der Waals surface area contributed by atoms with Crippen LogP contribution in [0.4, 0.5) is 0 Å². The van der Waals surface area contributed by atoms with Crippen molar-refractivity contribution in [3.8, 4) is 5.75 Å². The van der Waals surface area contributed by atoms with Gasteiger partial charge in [-0.2, -0.15) is 0 Å². The van der Waals surface area contributed by atoms with Gasteiger partial charge in [0.15, 0.2) is 0 Å². The summed E-state index contributed by atoms with van der Waals surface area (Å²) in [6, 6.07) is 7.24. The largest absolute Gasteiger partial charge is 0.497 e. The molecule has 1 fully saturated rings. The summed E-state index contributed by atoms with van der Waals surface area (Å²) in [7, 11) is 1.64. The fourth-order valence-electron chi connectivity index (χ4n) is 2.55. The third kappa shape index (κ3) is 4.44. The monoisotopic (exact) mass is 292 g/mol. The molecule has 1 aliphatic heterocycles. The normalized spacial score (nSPS) is 19.3. The van der Waals surface area contributed by atoms with Crippen LogP contribution in [-0.2, 0) is 16.1 Å². The summed E-state index contributed by atoms with van der Waals surface area (Å²) in [6.45, 7) is 3.62. The summed E-state index contributed by atoms with van der Waals surface area (Å²) in [6.07, 6.45) is 2.18. The molecule has 1 aliphatic rings. The molecule has 1 aromatic rings.